The first-order valence-corrected chi connectivity index (χ1v) is 8.16. The summed E-state index contributed by atoms with van der Waals surface area (Å²) >= 11 is 0. The molecule has 1 atom stereocenters. The quantitative estimate of drug-likeness (QED) is 0.802. The van der Waals surface area contributed by atoms with E-state index in [9.17, 15) is 4.79 Å². The summed E-state index contributed by atoms with van der Waals surface area (Å²) in [5.41, 5.74) is 1.15. The van der Waals surface area contributed by atoms with Gasteiger partial charge in [0.05, 0.1) is 6.54 Å². The lowest BCUT2D eigenvalue weighted by atomic mass is 10.1. The van der Waals surface area contributed by atoms with Crippen molar-refractivity contribution in [1.82, 2.24) is 14.9 Å². The molecule has 0 radical (unpaired) electrons. The van der Waals surface area contributed by atoms with E-state index < -0.39 is 0 Å². The number of nitriles is 1. The second kappa shape index (κ2) is 8.06. The van der Waals surface area contributed by atoms with Crippen LogP contribution in [0.2, 0.25) is 0 Å². The number of piperidine rings is 1. The topological polar surface area (TPSA) is 79.1 Å². The number of aromatic nitrogens is 2. The Morgan fingerprint density at radius 1 is 1.28 bits per heavy atom. The zero-order chi connectivity index (χ0) is 17.5. The van der Waals surface area contributed by atoms with Crippen LogP contribution in [0.15, 0.2) is 48.8 Å². The Morgan fingerprint density at radius 3 is 2.88 bits per heavy atom. The molecule has 6 heteroatoms. The van der Waals surface area contributed by atoms with Crippen LogP contribution in [-0.2, 0) is 4.79 Å². The number of hydrogen-bond donors (Lipinski definition) is 0. The van der Waals surface area contributed by atoms with Gasteiger partial charge in [-0.25, -0.2) is 9.97 Å². The third kappa shape index (κ3) is 4.42. The summed E-state index contributed by atoms with van der Waals surface area (Å²) < 4.78 is 5.81. The maximum atomic E-state index is 12.4. The maximum Gasteiger partial charge on any atom is 0.251 e. The molecule has 1 unspecified atom stereocenters. The largest absolute Gasteiger partial charge is 0.470 e. The fourth-order valence-electron chi connectivity index (χ4n) is 2.72. The lowest BCUT2D eigenvalue weighted by Gasteiger charge is -2.32. The van der Waals surface area contributed by atoms with Gasteiger partial charge in [0.15, 0.2) is 0 Å². The van der Waals surface area contributed by atoms with Crippen molar-refractivity contribution < 1.29 is 9.53 Å². The highest BCUT2D eigenvalue weighted by Gasteiger charge is 2.25. The van der Waals surface area contributed by atoms with E-state index in [1.165, 1.54) is 12.4 Å². The molecule has 25 heavy (non-hydrogen) atoms. The molecule has 0 spiro atoms. The highest BCUT2D eigenvalue weighted by Crippen LogP contribution is 2.19. The zero-order valence-electron chi connectivity index (χ0n) is 13.7. The molecule has 1 amide bonds. The summed E-state index contributed by atoms with van der Waals surface area (Å²) in [6.45, 7) is 1.17. The third-order valence-corrected chi connectivity index (χ3v) is 3.96. The Kier molecular flexibility index (Phi) is 5.37. The van der Waals surface area contributed by atoms with E-state index in [-0.39, 0.29) is 23.6 Å². The van der Waals surface area contributed by atoms with Crippen LogP contribution in [0.5, 0.6) is 5.88 Å². The minimum absolute atomic E-state index is 0.0446. The molecule has 1 aromatic carbocycles. The van der Waals surface area contributed by atoms with E-state index in [2.05, 4.69) is 9.97 Å². The van der Waals surface area contributed by atoms with Crippen LogP contribution in [0, 0.1) is 11.3 Å². The Balaban J connectivity index is 1.62. The van der Waals surface area contributed by atoms with Crippen LogP contribution in [0.25, 0.3) is 6.08 Å². The molecule has 1 fully saturated rings. The minimum Gasteiger partial charge on any atom is -0.470 e. The molecular formula is C19H18N4O2. The summed E-state index contributed by atoms with van der Waals surface area (Å²) in [7, 11) is 0. The van der Waals surface area contributed by atoms with Gasteiger partial charge in [0, 0.05) is 25.0 Å². The highest BCUT2D eigenvalue weighted by atomic mass is 16.5. The van der Waals surface area contributed by atoms with Gasteiger partial charge in [-0.1, -0.05) is 30.3 Å². The molecule has 1 aliphatic heterocycles. The normalized spacial score (nSPS) is 17.2. The standard InChI is InChI=1S/C19H18N4O2/c20-13-17-19(22-11-10-21-17)25-16-7-4-12-23(14-16)18(24)9-8-15-5-2-1-3-6-15/h1-3,5-6,8-11,16H,4,7,12,14H2. The molecule has 0 bridgehead atoms. The van der Waals surface area contributed by atoms with Crippen molar-refractivity contribution in [2.24, 2.45) is 0 Å². The number of carbonyl (C=O) groups excluding carboxylic acids is 1. The average molecular weight is 334 g/mol. The first-order chi connectivity index (χ1) is 12.3. The monoisotopic (exact) mass is 334 g/mol. The first kappa shape index (κ1) is 16.7. The lowest BCUT2D eigenvalue weighted by Crippen LogP contribution is -2.43. The Labute approximate surface area is 146 Å². The van der Waals surface area contributed by atoms with Gasteiger partial charge in [0.1, 0.15) is 12.2 Å². The van der Waals surface area contributed by atoms with Crippen LogP contribution < -0.4 is 4.74 Å². The van der Waals surface area contributed by atoms with E-state index in [1.54, 1.807) is 11.0 Å². The number of benzene rings is 1. The smallest absolute Gasteiger partial charge is 0.251 e. The minimum atomic E-state index is -0.188. The fourth-order valence-corrected chi connectivity index (χ4v) is 2.72. The summed E-state index contributed by atoms with van der Waals surface area (Å²) in [5, 5.41) is 9.06. The predicted octanol–water partition coefficient (Wildman–Crippen LogP) is 2.43. The lowest BCUT2D eigenvalue weighted by molar-refractivity contribution is -0.128. The highest BCUT2D eigenvalue weighted by molar-refractivity contribution is 5.91. The molecule has 2 heterocycles. The second-order valence-corrected chi connectivity index (χ2v) is 5.73. The Hall–Kier alpha value is -3.20. The summed E-state index contributed by atoms with van der Waals surface area (Å²) in [5.74, 6) is 0.181. The van der Waals surface area contributed by atoms with Crippen molar-refractivity contribution >= 4 is 12.0 Å². The zero-order valence-corrected chi connectivity index (χ0v) is 13.7. The average Bonchev–Trinajstić information content (AvgIpc) is 2.67. The van der Waals surface area contributed by atoms with E-state index >= 15 is 0 Å². The van der Waals surface area contributed by atoms with Crippen molar-refractivity contribution in [3.8, 4) is 11.9 Å². The van der Waals surface area contributed by atoms with Crippen molar-refractivity contribution in [3.05, 3.63) is 60.1 Å². The number of likely N-dealkylation sites (tertiary alicyclic amines) is 1. The number of amides is 1. The number of ether oxygens (including phenoxy) is 1. The molecule has 0 N–H and O–H groups in total. The van der Waals surface area contributed by atoms with Crippen LogP contribution in [-0.4, -0.2) is 40.0 Å². The Bertz CT molecular complexity index is 799. The molecule has 1 aliphatic rings. The van der Waals surface area contributed by atoms with Crippen LogP contribution in [0.1, 0.15) is 24.1 Å². The van der Waals surface area contributed by atoms with E-state index in [1.807, 2.05) is 42.5 Å². The maximum absolute atomic E-state index is 12.4. The molecule has 3 rings (SSSR count). The SMILES string of the molecule is N#Cc1nccnc1OC1CCCN(C(=O)C=Cc2ccccc2)C1. The van der Waals surface area contributed by atoms with Gasteiger partial charge in [-0.15, -0.1) is 0 Å². The van der Waals surface area contributed by atoms with E-state index in [0.717, 1.165) is 18.4 Å². The summed E-state index contributed by atoms with van der Waals surface area (Å²) in [4.78, 5) is 22.2. The van der Waals surface area contributed by atoms with Crippen LogP contribution in [0.3, 0.4) is 0 Å². The van der Waals surface area contributed by atoms with Gasteiger partial charge in [0.2, 0.25) is 11.6 Å². The molecule has 1 aromatic heterocycles. The predicted molar refractivity (Wildman–Crippen MR) is 92.5 cm³/mol. The number of nitrogens with zero attached hydrogens (tertiary/aromatic N) is 4. The molecular weight excluding hydrogens is 316 g/mol. The fraction of sp³-hybridized carbons (Fsp3) is 0.263. The van der Waals surface area contributed by atoms with E-state index in [4.69, 9.17) is 10.00 Å². The molecule has 126 valence electrons. The molecule has 0 aliphatic carbocycles. The summed E-state index contributed by atoms with van der Waals surface area (Å²) in [6.07, 6.45) is 7.81. The molecule has 1 saturated heterocycles. The molecule has 0 saturated carbocycles. The number of carbonyl (C=O) groups is 1. The first-order valence-electron chi connectivity index (χ1n) is 8.16. The van der Waals surface area contributed by atoms with Gasteiger partial charge in [-0.2, -0.15) is 5.26 Å². The number of hydrogen-bond acceptors (Lipinski definition) is 5. The van der Waals surface area contributed by atoms with Gasteiger partial charge in [-0.3, -0.25) is 4.79 Å². The van der Waals surface area contributed by atoms with Gasteiger partial charge >= 0.3 is 0 Å². The molecule has 2 aromatic rings. The van der Waals surface area contributed by atoms with Crippen LogP contribution >= 0.6 is 0 Å². The Morgan fingerprint density at radius 2 is 2.08 bits per heavy atom. The van der Waals surface area contributed by atoms with Crippen molar-refractivity contribution in [3.63, 3.8) is 0 Å². The van der Waals surface area contributed by atoms with E-state index in [0.29, 0.717) is 13.1 Å². The summed E-state index contributed by atoms with van der Waals surface area (Å²) in [6, 6.07) is 11.7. The van der Waals surface area contributed by atoms with Crippen LogP contribution in [0.4, 0.5) is 0 Å². The van der Waals surface area contributed by atoms with Gasteiger partial charge < -0.3 is 9.64 Å². The molecule has 6 nitrogen and oxygen atoms in total. The number of rotatable bonds is 4. The van der Waals surface area contributed by atoms with Crippen molar-refractivity contribution in [1.29, 1.82) is 5.26 Å². The van der Waals surface area contributed by atoms with Gasteiger partial charge in [-0.05, 0) is 24.5 Å². The third-order valence-electron chi connectivity index (χ3n) is 3.96. The van der Waals surface area contributed by atoms with Crippen molar-refractivity contribution in [2.45, 2.75) is 18.9 Å². The van der Waals surface area contributed by atoms with Crippen molar-refractivity contribution in [2.75, 3.05) is 13.1 Å². The van der Waals surface area contributed by atoms with Gasteiger partial charge in [0.25, 0.3) is 5.88 Å². The second-order valence-electron chi connectivity index (χ2n) is 5.73.